The molecule has 6 nitrogen and oxygen atoms in total. The molecule has 1 aromatic rings. The number of nitrogens with zero attached hydrogens (tertiary/aromatic N) is 2. The lowest BCUT2D eigenvalue weighted by Crippen LogP contribution is -2.41. The van der Waals surface area contributed by atoms with Gasteiger partial charge in [-0.05, 0) is 37.0 Å². The lowest BCUT2D eigenvalue weighted by atomic mass is 9.99. The van der Waals surface area contributed by atoms with E-state index in [-0.39, 0.29) is 17.8 Å². The van der Waals surface area contributed by atoms with E-state index >= 15 is 0 Å². The molecule has 2 rings (SSSR count). The molecule has 138 valence electrons. The number of carbonyl (C=O) groups is 1. The van der Waals surface area contributed by atoms with Gasteiger partial charge in [0.2, 0.25) is 0 Å². The Morgan fingerprint density at radius 1 is 1.40 bits per heavy atom. The van der Waals surface area contributed by atoms with Gasteiger partial charge in [-0.15, -0.1) is 0 Å². The summed E-state index contributed by atoms with van der Waals surface area (Å²) >= 11 is 0. The molecule has 0 aromatic heterocycles. The molecule has 0 bridgehead atoms. The lowest BCUT2D eigenvalue weighted by molar-refractivity contribution is -0.145. The van der Waals surface area contributed by atoms with Crippen LogP contribution in [-0.4, -0.2) is 57.2 Å². The second kappa shape index (κ2) is 9.30. The molecular weight excluding hydrogens is 318 g/mol. The summed E-state index contributed by atoms with van der Waals surface area (Å²) in [6.45, 7) is 6.95. The number of hydrogen-bond donors (Lipinski definition) is 1. The molecule has 0 aliphatic carbocycles. The van der Waals surface area contributed by atoms with Gasteiger partial charge in [0.25, 0.3) is 0 Å². The van der Waals surface area contributed by atoms with Gasteiger partial charge in [-0.25, -0.2) is 0 Å². The number of ether oxygens (including phenoxy) is 2. The van der Waals surface area contributed by atoms with E-state index in [1.807, 2.05) is 19.1 Å². The van der Waals surface area contributed by atoms with E-state index in [1.165, 1.54) is 12.7 Å². The molecule has 0 amide bonds. The van der Waals surface area contributed by atoms with Gasteiger partial charge in [0.1, 0.15) is 5.75 Å². The zero-order valence-electron chi connectivity index (χ0n) is 15.6. The molecule has 1 aromatic carbocycles. The van der Waals surface area contributed by atoms with Crippen molar-refractivity contribution in [3.8, 4) is 5.75 Å². The van der Waals surface area contributed by atoms with Crippen molar-refractivity contribution in [3.05, 3.63) is 29.8 Å². The second-order valence-corrected chi connectivity index (χ2v) is 6.32. The van der Waals surface area contributed by atoms with Crippen LogP contribution in [0.3, 0.4) is 0 Å². The maximum atomic E-state index is 11.8. The van der Waals surface area contributed by atoms with Crippen molar-refractivity contribution in [2.45, 2.75) is 20.3 Å². The van der Waals surface area contributed by atoms with Gasteiger partial charge in [0.15, 0.2) is 5.96 Å². The highest BCUT2D eigenvalue weighted by Gasteiger charge is 2.36. The van der Waals surface area contributed by atoms with Crippen molar-refractivity contribution >= 4 is 11.9 Å². The average molecular weight is 347 g/mol. The summed E-state index contributed by atoms with van der Waals surface area (Å²) in [6.07, 6.45) is 0.879. The third-order valence-electron chi connectivity index (χ3n) is 4.53. The van der Waals surface area contributed by atoms with Crippen molar-refractivity contribution in [3.63, 3.8) is 0 Å². The largest absolute Gasteiger partial charge is 0.494 e. The standard InChI is InChI=1S/C19H29N3O3/c1-5-25-16-8-6-7-15(11-16)9-10-21-19(20-3)22-12-14(2)17(13-22)18(23)24-4/h6-8,11,14,17H,5,9-10,12-13H2,1-4H3,(H,20,21). The van der Waals surface area contributed by atoms with Gasteiger partial charge in [-0.3, -0.25) is 9.79 Å². The minimum absolute atomic E-state index is 0.0913. The fourth-order valence-corrected chi connectivity index (χ4v) is 3.21. The Bertz CT molecular complexity index is 603. The highest BCUT2D eigenvalue weighted by atomic mass is 16.5. The molecule has 1 fully saturated rings. The topological polar surface area (TPSA) is 63.2 Å². The first-order chi connectivity index (χ1) is 12.1. The van der Waals surface area contributed by atoms with Crippen LogP contribution >= 0.6 is 0 Å². The predicted octanol–water partition coefficient (Wildman–Crippen LogP) is 1.94. The summed E-state index contributed by atoms with van der Waals surface area (Å²) in [5, 5.41) is 3.39. The molecule has 1 N–H and O–H groups in total. The third-order valence-corrected chi connectivity index (χ3v) is 4.53. The van der Waals surface area contributed by atoms with Crippen molar-refractivity contribution in [1.82, 2.24) is 10.2 Å². The maximum absolute atomic E-state index is 11.8. The van der Waals surface area contributed by atoms with Crippen molar-refractivity contribution < 1.29 is 14.3 Å². The van der Waals surface area contributed by atoms with E-state index in [0.717, 1.165) is 31.2 Å². The van der Waals surface area contributed by atoms with Gasteiger partial charge in [-0.2, -0.15) is 0 Å². The number of esters is 1. The molecule has 25 heavy (non-hydrogen) atoms. The van der Waals surface area contributed by atoms with Gasteiger partial charge >= 0.3 is 5.97 Å². The molecule has 0 saturated carbocycles. The fraction of sp³-hybridized carbons (Fsp3) is 0.579. The normalized spacial score (nSPS) is 20.5. The Balaban J connectivity index is 1.87. The summed E-state index contributed by atoms with van der Waals surface area (Å²) in [5.74, 6) is 1.76. The van der Waals surface area contributed by atoms with Crippen molar-refractivity contribution in [2.75, 3.05) is 40.4 Å². The molecule has 6 heteroatoms. The molecule has 1 saturated heterocycles. The lowest BCUT2D eigenvalue weighted by Gasteiger charge is -2.21. The fourth-order valence-electron chi connectivity index (χ4n) is 3.21. The molecule has 1 aliphatic rings. The third kappa shape index (κ3) is 5.11. The van der Waals surface area contributed by atoms with E-state index in [1.54, 1.807) is 7.05 Å². The van der Waals surface area contributed by atoms with Gasteiger partial charge in [0.05, 0.1) is 19.6 Å². The van der Waals surface area contributed by atoms with Crippen LogP contribution in [0.1, 0.15) is 19.4 Å². The number of nitrogens with one attached hydrogen (secondary N) is 1. The van der Waals surface area contributed by atoms with E-state index in [2.05, 4.69) is 34.3 Å². The van der Waals surface area contributed by atoms with Crippen LogP contribution in [0.15, 0.2) is 29.3 Å². The SMILES string of the molecule is CCOc1cccc(CCNC(=NC)N2CC(C)C(C(=O)OC)C2)c1. The molecular formula is C19H29N3O3. The number of guanidine groups is 1. The van der Waals surface area contributed by atoms with Crippen LogP contribution in [0.4, 0.5) is 0 Å². The number of carbonyl (C=O) groups excluding carboxylic acids is 1. The number of methoxy groups -OCH3 is 1. The summed E-state index contributed by atoms with van der Waals surface area (Å²) in [5.41, 5.74) is 1.22. The van der Waals surface area contributed by atoms with Crippen LogP contribution < -0.4 is 10.1 Å². The Hall–Kier alpha value is -2.24. The van der Waals surface area contributed by atoms with Crippen LogP contribution in [0.25, 0.3) is 0 Å². The number of hydrogen-bond acceptors (Lipinski definition) is 4. The average Bonchev–Trinajstić information content (AvgIpc) is 3.00. The minimum Gasteiger partial charge on any atom is -0.494 e. The number of benzene rings is 1. The summed E-state index contributed by atoms with van der Waals surface area (Å²) in [4.78, 5) is 18.3. The molecule has 2 unspecified atom stereocenters. The van der Waals surface area contributed by atoms with E-state index in [0.29, 0.717) is 13.2 Å². The first-order valence-electron chi connectivity index (χ1n) is 8.84. The number of likely N-dealkylation sites (tertiary alicyclic amines) is 1. The van der Waals surface area contributed by atoms with Crippen LogP contribution in [-0.2, 0) is 16.0 Å². The van der Waals surface area contributed by atoms with Crippen LogP contribution in [0.5, 0.6) is 5.75 Å². The summed E-state index contributed by atoms with van der Waals surface area (Å²) < 4.78 is 10.4. The van der Waals surface area contributed by atoms with Crippen molar-refractivity contribution in [1.29, 1.82) is 0 Å². The van der Waals surface area contributed by atoms with Gasteiger partial charge in [0, 0.05) is 26.7 Å². The molecule has 1 heterocycles. The second-order valence-electron chi connectivity index (χ2n) is 6.32. The van der Waals surface area contributed by atoms with Gasteiger partial charge < -0.3 is 19.7 Å². The number of rotatable bonds is 6. The predicted molar refractivity (Wildman–Crippen MR) is 98.9 cm³/mol. The smallest absolute Gasteiger partial charge is 0.310 e. The first-order valence-corrected chi connectivity index (χ1v) is 8.84. The highest BCUT2D eigenvalue weighted by molar-refractivity contribution is 5.82. The van der Waals surface area contributed by atoms with E-state index < -0.39 is 0 Å². The van der Waals surface area contributed by atoms with E-state index in [9.17, 15) is 4.79 Å². The Kier molecular flexibility index (Phi) is 7.10. The Morgan fingerprint density at radius 2 is 2.20 bits per heavy atom. The first kappa shape index (κ1) is 19.1. The Morgan fingerprint density at radius 3 is 2.88 bits per heavy atom. The van der Waals surface area contributed by atoms with E-state index in [4.69, 9.17) is 9.47 Å². The Labute approximate surface area is 150 Å². The minimum atomic E-state index is -0.141. The molecule has 0 radical (unpaired) electrons. The van der Waals surface area contributed by atoms with Crippen molar-refractivity contribution in [2.24, 2.45) is 16.8 Å². The molecule has 2 atom stereocenters. The quantitative estimate of drug-likeness (QED) is 0.484. The number of aliphatic imine (C=N–C) groups is 1. The zero-order chi connectivity index (χ0) is 18.2. The molecule has 0 spiro atoms. The van der Waals surface area contributed by atoms with Gasteiger partial charge in [-0.1, -0.05) is 19.1 Å². The van der Waals surface area contributed by atoms with Crippen LogP contribution in [0, 0.1) is 11.8 Å². The molecule has 1 aliphatic heterocycles. The maximum Gasteiger partial charge on any atom is 0.310 e. The summed E-state index contributed by atoms with van der Waals surface area (Å²) in [6, 6.07) is 8.15. The monoisotopic (exact) mass is 347 g/mol. The highest BCUT2D eigenvalue weighted by Crippen LogP contribution is 2.24. The summed E-state index contributed by atoms with van der Waals surface area (Å²) in [7, 11) is 3.22. The van der Waals surface area contributed by atoms with Crippen LogP contribution in [0.2, 0.25) is 0 Å². The zero-order valence-corrected chi connectivity index (χ0v) is 15.6.